The Bertz CT molecular complexity index is 294. The van der Waals surface area contributed by atoms with Crippen LogP contribution >= 0.6 is 0 Å². The number of aryl methyl sites for hydroxylation is 1. The monoisotopic (exact) mass is 148 g/mol. The summed E-state index contributed by atoms with van der Waals surface area (Å²) >= 11 is 0. The molecule has 0 bridgehead atoms. The highest BCUT2D eigenvalue weighted by molar-refractivity contribution is 5.77. The maximum absolute atomic E-state index is 10.3. The fourth-order valence-electron chi connectivity index (χ4n) is 0.820. The number of nitrogens with one attached hydrogen (secondary N) is 1. The molecule has 0 aliphatic rings. The molecule has 0 aromatic heterocycles. The lowest BCUT2D eigenvalue weighted by Crippen LogP contribution is -1.80. The molecule has 0 aliphatic heterocycles. The molecule has 0 unspecified atom stereocenters. The van der Waals surface area contributed by atoms with Crippen LogP contribution in [0.1, 0.15) is 15.9 Å². The van der Waals surface area contributed by atoms with Crippen molar-refractivity contribution in [3.8, 4) is 0 Å². The van der Waals surface area contributed by atoms with Crippen molar-refractivity contribution >= 4 is 12.0 Å². The minimum atomic E-state index is 0.551. The van der Waals surface area contributed by atoms with Gasteiger partial charge in [-0.05, 0) is 18.6 Å². The van der Waals surface area contributed by atoms with E-state index in [4.69, 9.17) is 5.53 Å². The van der Waals surface area contributed by atoms with E-state index in [2.05, 4.69) is 5.11 Å². The quantitative estimate of drug-likeness (QED) is 0.508. The Hall–Kier alpha value is -1.51. The summed E-state index contributed by atoms with van der Waals surface area (Å²) in [5.41, 5.74) is 8.78. The van der Waals surface area contributed by atoms with E-state index in [1.54, 1.807) is 18.2 Å². The molecular weight excluding hydrogens is 140 g/mol. The van der Waals surface area contributed by atoms with Crippen LogP contribution in [-0.2, 0) is 0 Å². The standard InChI is InChI=1S/C8H8N2O/c1-6-2-3-7(5-11)4-8(6)10-9/h2-5,9H,1H3. The molecule has 3 heteroatoms. The second kappa shape index (κ2) is 3.05. The van der Waals surface area contributed by atoms with Crippen LogP contribution in [0.2, 0.25) is 0 Å². The number of aldehydes is 1. The first kappa shape index (κ1) is 7.60. The van der Waals surface area contributed by atoms with Crippen molar-refractivity contribution in [2.75, 3.05) is 0 Å². The largest absolute Gasteiger partial charge is 0.298 e. The van der Waals surface area contributed by atoms with Gasteiger partial charge in [0.15, 0.2) is 0 Å². The van der Waals surface area contributed by atoms with Gasteiger partial charge < -0.3 is 0 Å². The summed E-state index contributed by atoms with van der Waals surface area (Å²) in [5.74, 6) is 0. The van der Waals surface area contributed by atoms with Crippen LogP contribution in [0, 0.1) is 12.5 Å². The fraction of sp³-hybridized carbons (Fsp3) is 0.125. The van der Waals surface area contributed by atoms with Crippen LogP contribution in [0.15, 0.2) is 23.3 Å². The number of hydrogen-bond donors (Lipinski definition) is 1. The smallest absolute Gasteiger partial charge is 0.150 e. The van der Waals surface area contributed by atoms with Crippen molar-refractivity contribution in [1.82, 2.24) is 0 Å². The molecule has 0 aliphatic carbocycles. The number of carbonyl (C=O) groups excluding carboxylic acids is 1. The topological polar surface area (TPSA) is 53.3 Å². The molecule has 0 heterocycles. The van der Waals surface area contributed by atoms with Gasteiger partial charge in [0, 0.05) is 5.56 Å². The van der Waals surface area contributed by atoms with Gasteiger partial charge in [-0.15, -0.1) is 0 Å². The minimum Gasteiger partial charge on any atom is -0.298 e. The zero-order valence-corrected chi connectivity index (χ0v) is 6.16. The van der Waals surface area contributed by atoms with Crippen molar-refractivity contribution in [2.45, 2.75) is 6.92 Å². The highest BCUT2D eigenvalue weighted by atomic mass is 16.1. The van der Waals surface area contributed by atoms with E-state index in [-0.39, 0.29) is 0 Å². The minimum absolute atomic E-state index is 0.551. The maximum atomic E-state index is 10.3. The SMILES string of the molecule is Cc1ccc(C=O)cc1N=N. The lowest BCUT2D eigenvalue weighted by Gasteiger charge is -1.96. The van der Waals surface area contributed by atoms with Gasteiger partial charge in [-0.1, -0.05) is 12.1 Å². The molecule has 1 N–H and O–H groups in total. The van der Waals surface area contributed by atoms with E-state index in [0.717, 1.165) is 11.8 Å². The van der Waals surface area contributed by atoms with Gasteiger partial charge in [0.05, 0.1) is 5.69 Å². The van der Waals surface area contributed by atoms with Gasteiger partial charge in [0.1, 0.15) is 6.29 Å². The highest BCUT2D eigenvalue weighted by Gasteiger charge is 1.96. The van der Waals surface area contributed by atoms with Crippen LogP contribution in [0.3, 0.4) is 0 Å². The van der Waals surface area contributed by atoms with E-state index in [1.165, 1.54) is 0 Å². The fourth-order valence-corrected chi connectivity index (χ4v) is 0.820. The number of rotatable bonds is 2. The zero-order valence-electron chi connectivity index (χ0n) is 6.16. The summed E-state index contributed by atoms with van der Waals surface area (Å²) < 4.78 is 0. The summed E-state index contributed by atoms with van der Waals surface area (Å²) in [6.45, 7) is 1.85. The first-order valence-corrected chi connectivity index (χ1v) is 3.21. The molecule has 0 fully saturated rings. The van der Waals surface area contributed by atoms with Gasteiger partial charge in [-0.3, -0.25) is 4.79 Å². The summed E-state index contributed by atoms with van der Waals surface area (Å²) in [6.07, 6.45) is 0.744. The summed E-state index contributed by atoms with van der Waals surface area (Å²) in [7, 11) is 0. The maximum Gasteiger partial charge on any atom is 0.150 e. The Morgan fingerprint density at radius 3 is 2.82 bits per heavy atom. The lowest BCUT2D eigenvalue weighted by atomic mass is 10.1. The molecule has 11 heavy (non-hydrogen) atoms. The van der Waals surface area contributed by atoms with Crippen molar-refractivity contribution < 1.29 is 4.79 Å². The van der Waals surface area contributed by atoms with Crippen molar-refractivity contribution in [2.24, 2.45) is 5.11 Å². The number of benzene rings is 1. The first-order valence-electron chi connectivity index (χ1n) is 3.21. The molecule has 0 saturated carbocycles. The van der Waals surface area contributed by atoms with Crippen LogP contribution in [0.25, 0.3) is 0 Å². The van der Waals surface area contributed by atoms with E-state index in [0.29, 0.717) is 11.3 Å². The molecule has 0 amide bonds. The second-order valence-corrected chi connectivity index (χ2v) is 2.28. The van der Waals surface area contributed by atoms with E-state index in [9.17, 15) is 4.79 Å². The molecule has 0 spiro atoms. The number of carbonyl (C=O) groups is 1. The molecule has 1 aromatic carbocycles. The van der Waals surface area contributed by atoms with Gasteiger partial charge in [-0.25, -0.2) is 5.53 Å². The third-order valence-electron chi connectivity index (χ3n) is 1.49. The summed E-state index contributed by atoms with van der Waals surface area (Å²) in [6, 6.07) is 5.07. The van der Waals surface area contributed by atoms with Crippen molar-refractivity contribution in [3.05, 3.63) is 29.3 Å². The predicted molar refractivity (Wildman–Crippen MR) is 41.4 cm³/mol. The molecule has 0 saturated heterocycles. The molecule has 0 atom stereocenters. The van der Waals surface area contributed by atoms with Crippen LogP contribution in [0.4, 0.5) is 5.69 Å². The molecular formula is C8H8N2O. The Morgan fingerprint density at radius 1 is 1.55 bits per heavy atom. The van der Waals surface area contributed by atoms with Crippen LogP contribution in [0.5, 0.6) is 0 Å². The normalized spacial score (nSPS) is 9.18. The molecule has 1 rings (SSSR count). The van der Waals surface area contributed by atoms with Gasteiger partial charge in [-0.2, -0.15) is 5.11 Å². The van der Waals surface area contributed by atoms with E-state index >= 15 is 0 Å². The predicted octanol–water partition coefficient (Wildman–Crippen LogP) is 2.47. The van der Waals surface area contributed by atoms with Gasteiger partial charge >= 0.3 is 0 Å². The molecule has 56 valence electrons. The molecule has 0 radical (unpaired) electrons. The third-order valence-corrected chi connectivity index (χ3v) is 1.49. The van der Waals surface area contributed by atoms with Gasteiger partial charge in [0.2, 0.25) is 0 Å². The first-order chi connectivity index (χ1) is 5.27. The zero-order chi connectivity index (χ0) is 8.27. The molecule has 3 nitrogen and oxygen atoms in total. The van der Waals surface area contributed by atoms with Crippen LogP contribution in [-0.4, -0.2) is 6.29 Å². The average Bonchev–Trinajstić information content (AvgIpc) is 2.05. The second-order valence-electron chi connectivity index (χ2n) is 2.28. The van der Waals surface area contributed by atoms with E-state index in [1.807, 2.05) is 6.92 Å². The van der Waals surface area contributed by atoms with Crippen molar-refractivity contribution in [3.63, 3.8) is 0 Å². The Balaban J connectivity index is 3.22. The number of nitrogens with zero attached hydrogens (tertiary/aromatic N) is 1. The Kier molecular flexibility index (Phi) is 2.11. The average molecular weight is 148 g/mol. The Labute approximate surface area is 64.6 Å². The van der Waals surface area contributed by atoms with E-state index < -0.39 is 0 Å². The number of hydrogen-bond acceptors (Lipinski definition) is 3. The molecule has 1 aromatic rings. The Morgan fingerprint density at radius 2 is 2.27 bits per heavy atom. The van der Waals surface area contributed by atoms with Gasteiger partial charge in [0.25, 0.3) is 0 Å². The summed E-state index contributed by atoms with van der Waals surface area (Å²) in [4.78, 5) is 10.3. The summed E-state index contributed by atoms with van der Waals surface area (Å²) in [5, 5.41) is 3.27. The lowest BCUT2D eigenvalue weighted by molar-refractivity contribution is 0.112. The highest BCUT2D eigenvalue weighted by Crippen LogP contribution is 2.18. The third kappa shape index (κ3) is 1.49. The van der Waals surface area contributed by atoms with Crippen molar-refractivity contribution in [1.29, 1.82) is 5.53 Å². The van der Waals surface area contributed by atoms with Crippen LogP contribution < -0.4 is 0 Å².